The number of aliphatic hydroxyl groups excluding tert-OH is 1. The number of nitrogens with zero attached hydrogens (tertiary/aromatic N) is 1. The molecular weight excluding hydrogens is 244 g/mol. The second-order valence-corrected chi connectivity index (χ2v) is 4.93. The molecule has 0 amide bonds. The van der Waals surface area contributed by atoms with Gasteiger partial charge in [-0.15, -0.1) is 0 Å². The van der Waals surface area contributed by atoms with Gasteiger partial charge in [0.15, 0.2) is 11.5 Å². The molecule has 1 aliphatic rings. The summed E-state index contributed by atoms with van der Waals surface area (Å²) >= 11 is 0. The number of nitrogens with two attached hydrogens (primary N) is 1. The minimum Gasteiger partial charge on any atom is -0.486 e. The molecule has 5 nitrogen and oxygen atoms in total. The first-order valence-electron chi connectivity index (χ1n) is 6.62. The molecule has 106 valence electrons. The molecule has 2 rings (SSSR count). The molecule has 0 spiro atoms. The topological polar surface area (TPSA) is 68.0 Å². The Kier molecular flexibility index (Phi) is 5.01. The maximum atomic E-state index is 8.92. The molecule has 0 saturated carbocycles. The van der Waals surface area contributed by atoms with Crippen LogP contribution < -0.4 is 15.2 Å². The smallest absolute Gasteiger partial charge is 0.161 e. The summed E-state index contributed by atoms with van der Waals surface area (Å²) in [5, 5.41) is 8.92. The van der Waals surface area contributed by atoms with Gasteiger partial charge in [0.25, 0.3) is 0 Å². The maximum Gasteiger partial charge on any atom is 0.161 e. The average molecular weight is 266 g/mol. The third-order valence-electron chi connectivity index (χ3n) is 3.17. The zero-order valence-electron chi connectivity index (χ0n) is 11.3. The molecule has 1 heterocycles. The third-order valence-corrected chi connectivity index (χ3v) is 3.17. The molecule has 19 heavy (non-hydrogen) atoms. The normalized spacial score (nSPS) is 15.6. The molecule has 0 radical (unpaired) electrons. The van der Waals surface area contributed by atoms with Crippen LogP contribution in [0.2, 0.25) is 0 Å². The highest BCUT2D eigenvalue weighted by molar-refractivity contribution is 5.43. The largest absolute Gasteiger partial charge is 0.486 e. The van der Waals surface area contributed by atoms with E-state index in [-0.39, 0.29) is 12.6 Å². The van der Waals surface area contributed by atoms with E-state index in [0.29, 0.717) is 19.8 Å². The van der Waals surface area contributed by atoms with Crippen molar-refractivity contribution in [2.24, 2.45) is 5.73 Å². The minimum absolute atomic E-state index is 0.0222. The van der Waals surface area contributed by atoms with Crippen molar-refractivity contribution in [1.82, 2.24) is 4.90 Å². The van der Waals surface area contributed by atoms with E-state index < -0.39 is 0 Å². The standard InChI is InChI=1S/C14H22N2O3/c1-16(9-12(15)10-17)5-4-11-2-3-13-14(8-11)19-7-6-18-13/h2-3,8,12,17H,4-7,9-10,15H2,1H3. The molecule has 1 aromatic carbocycles. The van der Waals surface area contributed by atoms with Gasteiger partial charge in [-0.1, -0.05) is 6.07 Å². The van der Waals surface area contributed by atoms with Crippen LogP contribution in [-0.2, 0) is 6.42 Å². The summed E-state index contributed by atoms with van der Waals surface area (Å²) < 4.78 is 11.1. The highest BCUT2D eigenvalue weighted by Crippen LogP contribution is 2.30. The van der Waals surface area contributed by atoms with Crippen LogP contribution in [0.1, 0.15) is 5.56 Å². The van der Waals surface area contributed by atoms with Crippen molar-refractivity contribution in [3.8, 4) is 11.5 Å². The van der Waals surface area contributed by atoms with Crippen LogP contribution in [0, 0.1) is 0 Å². The molecule has 1 aliphatic heterocycles. The lowest BCUT2D eigenvalue weighted by molar-refractivity contribution is 0.171. The van der Waals surface area contributed by atoms with Gasteiger partial charge in [0, 0.05) is 19.1 Å². The number of hydrogen-bond acceptors (Lipinski definition) is 5. The van der Waals surface area contributed by atoms with E-state index in [0.717, 1.165) is 24.5 Å². The number of aliphatic hydroxyl groups is 1. The quantitative estimate of drug-likeness (QED) is 0.772. The number of benzene rings is 1. The SMILES string of the molecule is CN(CCc1ccc2c(c1)OCCO2)CC(N)CO. The van der Waals surface area contributed by atoms with Crippen molar-refractivity contribution in [1.29, 1.82) is 0 Å². The lowest BCUT2D eigenvalue weighted by Gasteiger charge is -2.21. The zero-order valence-corrected chi connectivity index (χ0v) is 11.3. The van der Waals surface area contributed by atoms with E-state index in [9.17, 15) is 0 Å². The summed E-state index contributed by atoms with van der Waals surface area (Å²) in [4.78, 5) is 2.12. The maximum absolute atomic E-state index is 8.92. The second kappa shape index (κ2) is 6.75. The molecule has 0 saturated heterocycles. The summed E-state index contributed by atoms with van der Waals surface area (Å²) in [6, 6.07) is 5.88. The van der Waals surface area contributed by atoms with E-state index in [1.165, 1.54) is 5.56 Å². The van der Waals surface area contributed by atoms with Crippen molar-refractivity contribution in [2.45, 2.75) is 12.5 Å². The first kappa shape index (κ1) is 14.1. The van der Waals surface area contributed by atoms with Gasteiger partial charge in [0.1, 0.15) is 13.2 Å². The Morgan fingerprint density at radius 3 is 2.79 bits per heavy atom. The van der Waals surface area contributed by atoms with Gasteiger partial charge in [0.2, 0.25) is 0 Å². The van der Waals surface area contributed by atoms with Crippen LogP contribution in [0.25, 0.3) is 0 Å². The monoisotopic (exact) mass is 266 g/mol. The number of hydrogen-bond donors (Lipinski definition) is 2. The predicted molar refractivity (Wildman–Crippen MR) is 73.7 cm³/mol. The number of fused-ring (bicyclic) bond motifs is 1. The van der Waals surface area contributed by atoms with Crippen LogP contribution in [0.15, 0.2) is 18.2 Å². The third kappa shape index (κ3) is 4.09. The van der Waals surface area contributed by atoms with E-state index in [2.05, 4.69) is 11.0 Å². The Balaban J connectivity index is 1.86. The lowest BCUT2D eigenvalue weighted by atomic mass is 10.1. The summed E-state index contributed by atoms with van der Waals surface area (Å²) in [5.74, 6) is 1.66. The van der Waals surface area contributed by atoms with E-state index in [4.69, 9.17) is 20.3 Å². The predicted octanol–water partition coefficient (Wildman–Crippen LogP) is 0.252. The van der Waals surface area contributed by atoms with Gasteiger partial charge >= 0.3 is 0 Å². The zero-order chi connectivity index (χ0) is 13.7. The summed E-state index contributed by atoms with van der Waals surface area (Å²) in [7, 11) is 2.01. The molecule has 1 atom stereocenters. The van der Waals surface area contributed by atoms with Gasteiger partial charge in [0.05, 0.1) is 6.61 Å². The summed E-state index contributed by atoms with van der Waals surface area (Å²) in [6.45, 7) is 2.85. The van der Waals surface area contributed by atoms with Crippen LogP contribution in [0.3, 0.4) is 0 Å². The van der Waals surface area contributed by atoms with Gasteiger partial charge < -0.3 is 25.2 Å². The average Bonchev–Trinajstić information content (AvgIpc) is 2.44. The van der Waals surface area contributed by atoms with Gasteiger partial charge in [-0.05, 0) is 31.2 Å². The van der Waals surface area contributed by atoms with E-state index in [1.54, 1.807) is 0 Å². The lowest BCUT2D eigenvalue weighted by Crippen LogP contribution is -2.38. The van der Waals surface area contributed by atoms with Crippen molar-refractivity contribution < 1.29 is 14.6 Å². The van der Waals surface area contributed by atoms with Crippen LogP contribution in [0.5, 0.6) is 11.5 Å². The van der Waals surface area contributed by atoms with Gasteiger partial charge in [-0.2, -0.15) is 0 Å². The summed E-state index contributed by atoms with van der Waals surface area (Å²) in [6.07, 6.45) is 0.922. The molecule has 3 N–H and O–H groups in total. The van der Waals surface area contributed by atoms with Gasteiger partial charge in [-0.3, -0.25) is 0 Å². The fourth-order valence-electron chi connectivity index (χ4n) is 2.11. The molecule has 0 aliphatic carbocycles. The van der Waals surface area contributed by atoms with Crippen molar-refractivity contribution in [2.75, 3.05) is 40.0 Å². The van der Waals surface area contributed by atoms with Crippen molar-refractivity contribution >= 4 is 0 Å². The molecule has 0 aromatic heterocycles. The number of rotatable bonds is 6. The fraction of sp³-hybridized carbons (Fsp3) is 0.571. The minimum atomic E-state index is -0.176. The van der Waals surface area contributed by atoms with Gasteiger partial charge in [-0.25, -0.2) is 0 Å². The second-order valence-electron chi connectivity index (χ2n) is 4.93. The Morgan fingerprint density at radius 1 is 1.32 bits per heavy atom. The Labute approximate surface area is 113 Å². The number of ether oxygens (including phenoxy) is 2. The van der Waals surface area contributed by atoms with Crippen LogP contribution in [-0.4, -0.2) is 56.0 Å². The first-order chi connectivity index (χ1) is 9.19. The van der Waals surface area contributed by atoms with Crippen LogP contribution >= 0.6 is 0 Å². The van der Waals surface area contributed by atoms with E-state index >= 15 is 0 Å². The molecule has 1 unspecified atom stereocenters. The van der Waals surface area contributed by atoms with Crippen LogP contribution in [0.4, 0.5) is 0 Å². The molecule has 5 heteroatoms. The highest BCUT2D eigenvalue weighted by atomic mass is 16.6. The fourth-order valence-corrected chi connectivity index (χ4v) is 2.11. The molecular formula is C14H22N2O3. The Morgan fingerprint density at radius 2 is 2.05 bits per heavy atom. The highest BCUT2D eigenvalue weighted by Gasteiger charge is 2.12. The summed E-state index contributed by atoms with van der Waals surface area (Å²) in [5.41, 5.74) is 6.92. The number of likely N-dealkylation sites (N-methyl/N-ethyl adjacent to an activating group) is 1. The Hall–Kier alpha value is -1.30. The Bertz CT molecular complexity index is 412. The van der Waals surface area contributed by atoms with E-state index in [1.807, 2.05) is 19.2 Å². The van der Waals surface area contributed by atoms with Crippen molar-refractivity contribution in [3.05, 3.63) is 23.8 Å². The van der Waals surface area contributed by atoms with Crippen molar-refractivity contribution in [3.63, 3.8) is 0 Å². The molecule has 0 bridgehead atoms. The molecule has 1 aromatic rings. The first-order valence-corrected chi connectivity index (χ1v) is 6.62. The molecule has 0 fully saturated rings.